The average molecular weight is 352 g/mol. The molecule has 0 aliphatic carbocycles. The Morgan fingerprint density at radius 2 is 1.95 bits per heavy atom. The number of anilines is 1. The molecule has 0 radical (unpaired) electrons. The molecule has 2 rings (SSSR count). The maximum Gasteiger partial charge on any atom is 0.488 e. The Kier molecular flexibility index (Phi) is 4.77. The topological polar surface area (TPSA) is 69.6 Å². The van der Waals surface area contributed by atoms with Crippen LogP contribution in [0.3, 0.4) is 0 Å². The maximum absolute atomic E-state index is 13.4. The van der Waals surface area contributed by atoms with E-state index in [2.05, 4.69) is 21.2 Å². The zero-order valence-electron chi connectivity index (χ0n) is 11.1. The van der Waals surface area contributed by atoms with E-state index in [0.29, 0.717) is 5.69 Å². The van der Waals surface area contributed by atoms with Gasteiger partial charge < -0.3 is 15.4 Å². The van der Waals surface area contributed by atoms with Crippen LogP contribution in [-0.2, 0) is 0 Å². The zero-order valence-corrected chi connectivity index (χ0v) is 12.7. The summed E-state index contributed by atoms with van der Waals surface area (Å²) in [6, 6.07) is 8.57. The first-order valence-electron chi connectivity index (χ1n) is 6.11. The van der Waals surface area contributed by atoms with Crippen LogP contribution in [0.4, 0.5) is 10.1 Å². The number of rotatable bonds is 3. The van der Waals surface area contributed by atoms with Gasteiger partial charge in [-0.2, -0.15) is 0 Å². The molecule has 0 fully saturated rings. The van der Waals surface area contributed by atoms with Gasteiger partial charge in [0.2, 0.25) is 0 Å². The predicted octanol–water partition coefficient (Wildman–Crippen LogP) is 1.83. The quantitative estimate of drug-likeness (QED) is 0.739. The molecule has 4 nitrogen and oxygen atoms in total. The van der Waals surface area contributed by atoms with Crippen molar-refractivity contribution in [3.8, 4) is 0 Å². The molecule has 2 aromatic rings. The average Bonchev–Trinajstić information content (AvgIpc) is 2.41. The summed E-state index contributed by atoms with van der Waals surface area (Å²) in [5.41, 5.74) is 1.38. The van der Waals surface area contributed by atoms with Crippen LogP contribution in [0.1, 0.15) is 15.9 Å². The van der Waals surface area contributed by atoms with Crippen molar-refractivity contribution < 1.29 is 19.2 Å². The van der Waals surface area contributed by atoms with Crippen molar-refractivity contribution in [2.75, 3.05) is 5.32 Å². The van der Waals surface area contributed by atoms with Crippen LogP contribution in [0.25, 0.3) is 0 Å². The summed E-state index contributed by atoms with van der Waals surface area (Å²) in [7, 11) is -1.83. The molecule has 1 amide bonds. The van der Waals surface area contributed by atoms with E-state index in [1.54, 1.807) is 12.1 Å². The molecular weight excluding hydrogens is 340 g/mol. The molecule has 108 valence electrons. The Labute approximate surface area is 129 Å². The van der Waals surface area contributed by atoms with Crippen molar-refractivity contribution in [2.24, 2.45) is 0 Å². The minimum Gasteiger partial charge on any atom is -0.423 e. The number of amides is 1. The summed E-state index contributed by atoms with van der Waals surface area (Å²) in [6.45, 7) is 1.83. The lowest BCUT2D eigenvalue weighted by molar-refractivity contribution is 0.102. The predicted molar refractivity (Wildman–Crippen MR) is 83.1 cm³/mol. The molecule has 0 bridgehead atoms. The van der Waals surface area contributed by atoms with Gasteiger partial charge in [0.15, 0.2) is 0 Å². The maximum atomic E-state index is 13.4. The lowest BCUT2D eigenvalue weighted by Gasteiger charge is -2.10. The second-order valence-electron chi connectivity index (χ2n) is 4.56. The molecule has 3 N–H and O–H groups in total. The molecule has 0 heterocycles. The monoisotopic (exact) mass is 351 g/mol. The first-order valence-corrected chi connectivity index (χ1v) is 6.90. The van der Waals surface area contributed by atoms with E-state index >= 15 is 0 Å². The van der Waals surface area contributed by atoms with Crippen molar-refractivity contribution >= 4 is 40.1 Å². The number of benzene rings is 2. The Balaban J connectivity index is 2.28. The first-order chi connectivity index (χ1) is 9.86. The van der Waals surface area contributed by atoms with Gasteiger partial charge in [0, 0.05) is 15.7 Å². The molecule has 0 atom stereocenters. The number of halogens is 2. The Bertz CT molecular complexity index is 694. The Morgan fingerprint density at radius 3 is 2.57 bits per heavy atom. The standard InChI is InChI=1S/C14H12BBrFNO3/c1-8-4-11(16)2-3-13(8)18-14(19)9-5-10(15(20)21)7-12(17)6-9/h2-7,20-21H,1H3,(H,18,19). The smallest absolute Gasteiger partial charge is 0.423 e. The third kappa shape index (κ3) is 3.90. The third-order valence-corrected chi connectivity index (χ3v) is 3.41. The van der Waals surface area contributed by atoms with Crippen molar-refractivity contribution in [3.63, 3.8) is 0 Å². The van der Waals surface area contributed by atoms with Crippen molar-refractivity contribution in [2.45, 2.75) is 6.92 Å². The van der Waals surface area contributed by atoms with Gasteiger partial charge in [0.05, 0.1) is 0 Å². The molecule has 0 saturated carbocycles. The van der Waals surface area contributed by atoms with Gasteiger partial charge in [-0.1, -0.05) is 15.9 Å². The molecule has 0 aliphatic heterocycles. The lowest BCUT2D eigenvalue weighted by Crippen LogP contribution is -2.31. The number of carbonyl (C=O) groups is 1. The molecule has 0 aromatic heterocycles. The summed E-state index contributed by atoms with van der Waals surface area (Å²) < 4.78 is 14.3. The summed E-state index contributed by atoms with van der Waals surface area (Å²) in [4.78, 5) is 12.1. The van der Waals surface area contributed by atoms with Crippen LogP contribution < -0.4 is 10.8 Å². The van der Waals surface area contributed by atoms with E-state index < -0.39 is 18.8 Å². The molecule has 21 heavy (non-hydrogen) atoms. The fourth-order valence-electron chi connectivity index (χ4n) is 1.85. The van der Waals surface area contributed by atoms with Gasteiger partial charge in [0.1, 0.15) is 5.82 Å². The number of hydrogen-bond acceptors (Lipinski definition) is 3. The highest BCUT2D eigenvalue weighted by molar-refractivity contribution is 9.10. The highest BCUT2D eigenvalue weighted by Crippen LogP contribution is 2.20. The second kappa shape index (κ2) is 6.38. The molecule has 0 aliphatic rings. The van der Waals surface area contributed by atoms with Gasteiger partial charge in [-0.15, -0.1) is 0 Å². The largest absolute Gasteiger partial charge is 0.488 e. The van der Waals surface area contributed by atoms with Crippen LogP contribution in [-0.4, -0.2) is 23.1 Å². The van der Waals surface area contributed by atoms with Gasteiger partial charge in [-0.3, -0.25) is 4.79 Å². The van der Waals surface area contributed by atoms with Crippen molar-refractivity contribution in [1.82, 2.24) is 0 Å². The van der Waals surface area contributed by atoms with Crippen molar-refractivity contribution in [3.05, 3.63) is 57.8 Å². The van der Waals surface area contributed by atoms with Crippen LogP contribution in [0.15, 0.2) is 40.9 Å². The number of aryl methyl sites for hydroxylation is 1. The van der Waals surface area contributed by atoms with E-state index in [9.17, 15) is 9.18 Å². The summed E-state index contributed by atoms with van der Waals surface area (Å²) in [5.74, 6) is -1.24. The SMILES string of the molecule is Cc1cc(Br)ccc1NC(=O)c1cc(F)cc(B(O)O)c1. The first kappa shape index (κ1) is 15.7. The number of hydrogen-bond donors (Lipinski definition) is 3. The van der Waals surface area contributed by atoms with Gasteiger partial charge in [-0.25, -0.2) is 4.39 Å². The van der Waals surface area contributed by atoms with E-state index in [0.717, 1.165) is 22.2 Å². The second-order valence-corrected chi connectivity index (χ2v) is 5.48. The van der Waals surface area contributed by atoms with Crippen molar-refractivity contribution in [1.29, 1.82) is 0 Å². The number of nitrogens with one attached hydrogen (secondary N) is 1. The van der Waals surface area contributed by atoms with Gasteiger partial charge >= 0.3 is 7.12 Å². The molecular formula is C14H12BBrFNO3. The molecule has 7 heteroatoms. The summed E-state index contributed by atoms with van der Waals surface area (Å²) in [6.07, 6.45) is 0. The van der Waals surface area contributed by atoms with Gasteiger partial charge in [-0.05, 0) is 54.3 Å². The number of carbonyl (C=O) groups excluding carboxylic acids is 1. The van der Waals surface area contributed by atoms with Crippen LogP contribution in [0.5, 0.6) is 0 Å². The van der Waals surface area contributed by atoms with Crippen LogP contribution in [0.2, 0.25) is 0 Å². The van der Waals surface area contributed by atoms with Gasteiger partial charge in [0.25, 0.3) is 5.91 Å². The highest BCUT2D eigenvalue weighted by Gasteiger charge is 2.16. The highest BCUT2D eigenvalue weighted by atomic mass is 79.9. The lowest BCUT2D eigenvalue weighted by atomic mass is 9.79. The third-order valence-electron chi connectivity index (χ3n) is 2.92. The van der Waals surface area contributed by atoms with E-state index in [1.165, 1.54) is 6.07 Å². The van der Waals surface area contributed by atoms with Crippen LogP contribution >= 0.6 is 15.9 Å². The molecule has 2 aromatic carbocycles. The van der Waals surface area contributed by atoms with E-state index in [4.69, 9.17) is 10.0 Å². The molecule has 0 unspecified atom stereocenters. The Hall–Kier alpha value is -1.70. The normalized spacial score (nSPS) is 10.3. The fraction of sp³-hybridized carbons (Fsp3) is 0.0714. The summed E-state index contributed by atoms with van der Waals surface area (Å²) in [5, 5.41) is 20.8. The van der Waals surface area contributed by atoms with Crippen LogP contribution in [0, 0.1) is 12.7 Å². The summed E-state index contributed by atoms with van der Waals surface area (Å²) >= 11 is 3.32. The Morgan fingerprint density at radius 1 is 1.24 bits per heavy atom. The minimum absolute atomic E-state index is 0.0143. The molecule has 0 saturated heterocycles. The fourth-order valence-corrected chi connectivity index (χ4v) is 2.33. The zero-order chi connectivity index (χ0) is 15.6. The van der Waals surface area contributed by atoms with E-state index in [-0.39, 0.29) is 11.0 Å². The minimum atomic E-state index is -1.83. The molecule has 0 spiro atoms. The van der Waals surface area contributed by atoms with E-state index in [1.807, 2.05) is 13.0 Å².